The summed E-state index contributed by atoms with van der Waals surface area (Å²) in [5.41, 5.74) is 0. The lowest BCUT2D eigenvalue weighted by Gasteiger charge is -2.14. The number of hydrogen-bond donors (Lipinski definition) is 1. The van der Waals surface area contributed by atoms with Crippen LogP contribution < -0.4 is 14.2 Å². The van der Waals surface area contributed by atoms with Crippen molar-refractivity contribution < 1.29 is 23.0 Å². The fraction of sp³-hybridized carbons (Fsp3) is 0.538. The van der Waals surface area contributed by atoms with Crippen molar-refractivity contribution in [2.24, 2.45) is 0 Å². The molecule has 0 aliphatic rings. The van der Waals surface area contributed by atoms with Crippen LogP contribution in [-0.2, 0) is 11.1 Å². The molecule has 1 unspecified atom stereocenters. The summed E-state index contributed by atoms with van der Waals surface area (Å²) in [5.74, 6) is 3.32. The Morgan fingerprint density at radius 3 is 2.19 bits per heavy atom. The lowest BCUT2D eigenvalue weighted by molar-refractivity contribution is 0.362. The molecule has 0 fully saturated rings. The molecule has 0 spiro atoms. The minimum absolute atomic E-state index is 0.334. The molecule has 1 rings (SSSR count). The van der Waals surface area contributed by atoms with Gasteiger partial charge in [0.1, 0.15) is 22.1 Å². The Bertz CT molecular complexity index is 442. The molecule has 0 amide bonds. The molecule has 1 N–H and O–H groups in total. The van der Waals surface area contributed by atoms with E-state index in [-0.39, 0.29) is 0 Å². The Hall–Kier alpha value is -0.570. The summed E-state index contributed by atoms with van der Waals surface area (Å²) in [6, 6.07) is 3.64. The number of rotatable bonds is 10. The summed E-state index contributed by atoms with van der Waals surface area (Å²) in [5, 5.41) is 0. The molecule has 0 aliphatic carbocycles. The average molecular weight is 352 g/mol. The van der Waals surface area contributed by atoms with Crippen LogP contribution in [0.2, 0.25) is 0 Å². The molecule has 5 nitrogen and oxygen atoms in total. The van der Waals surface area contributed by atoms with Gasteiger partial charge in [0.2, 0.25) is 0 Å². The third-order valence-electron chi connectivity index (χ3n) is 2.61. The van der Waals surface area contributed by atoms with Gasteiger partial charge in [0.15, 0.2) is 11.1 Å². The Kier molecular flexibility index (Phi) is 8.98. The van der Waals surface area contributed by atoms with Gasteiger partial charge in [-0.3, -0.25) is 0 Å². The van der Waals surface area contributed by atoms with Crippen LogP contribution in [0.15, 0.2) is 17.0 Å². The van der Waals surface area contributed by atoms with Crippen LogP contribution in [-0.4, -0.2) is 41.6 Å². The fourth-order valence-electron chi connectivity index (χ4n) is 1.54. The molecule has 0 aliphatic heterocycles. The molecular formula is C13H20O5S3. The molecule has 0 radical (unpaired) electrons. The molecule has 0 saturated carbocycles. The zero-order chi connectivity index (χ0) is 15.7. The normalized spacial score (nSPS) is 12.0. The fourth-order valence-corrected chi connectivity index (χ4v) is 4.42. The average Bonchev–Trinajstić information content (AvgIpc) is 2.49. The molecule has 1 aromatic rings. The van der Waals surface area contributed by atoms with E-state index < -0.39 is 11.1 Å². The Morgan fingerprint density at radius 1 is 1.10 bits per heavy atom. The number of ether oxygens (including phenoxy) is 3. The second kappa shape index (κ2) is 10.2. The van der Waals surface area contributed by atoms with Gasteiger partial charge < -0.3 is 18.8 Å². The van der Waals surface area contributed by atoms with E-state index in [4.69, 9.17) is 18.8 Å². The van der Waals surface area contributed by atoms with Gasteiger partial charge in [-0.25, -0.2) is 4.21 Å². The number of methoxy groups -OCH3 is 3. The molecule has 1 aromatic carbocycles. The first-order valence-electron chi connectivity index (χ1n) is 6.29. The monoisotopic (exact) mass is 352 g/mol. The van der Waals surface area contributed by atoms with Crippen LogP contribution in [0.1, 0.15) is 12.8 Å². The standard InChI is InChI=1S/C13H20O5S3/c1-16-10-8-11(17-2)13(12(9-10)18-3)20-19-6-4-5-7-21(14)15/h8-9H,4-7H2,1-3H3,(H,14,15). The third-order valence-corrected chi connectivity index (χ3v) is 5.74. The highest BCUT2D eigenvalue weighted by molar-refractivity contribution is 8.76. The van der Waals surface area contributed by atoms with Crippen molar-refractivity contribution >= 4 is 32.7 Å². The lowest BCUT2D eigenvalue weighted by Crippen LogP contribution is -1.95. The topological polar surface area (TPSA) is 65.0 Å². The molecule has 0 saturated heterocycles. The van der Waals surface area contributed by atoms with Gasteiger partial charge in [0.05, 0.1) is 21.3 Å². The zero-order valence-electron chi connectivity index (χ0n) is 12.3. The van der Waals surface area contributed by atoms with Crippen molar-refractivity contribution in [1.82, 2.24) is 0 Å². The van der Waals surface area contributed by atoms with Crippen molar-refractivity contribution in [2.75, 3.05) is 32.8 Å². The maximum Gasteiger partial charge on any atom is 0.152 e. The minimum atomic E-state index is -1.69. The van der Waals surface area contributed by atoms with Gasteiger partial charge in [0.25, 0.3) is 0 Å². The molecule has 1 atom stereocenters. The van der Waals surface area contributed by atoms with Crippen molar-refractivity contribution in [3.05, 3.63) is 12.1 Å². The first kappa shape index (κ1) is 18.5. The van der Waals surface area contributed by atoms with E-state index in [0.717, 1.165) is 23.5 Å². The summed E-state index contributed by atoms with van der Waals surface area (Å²) in [4.78, 5) is 0.913. The van der Waals surface area contributed by atoms with Crippen LogP contribution in [0, 0.1) is 0 Å². The number of hydrogen-bond acceptors (Lipinski definition) is 6. The van der Waals surface area contributed by atoms with Crippen LogP contribution >= 0.6 is 21.6 Å². The van der Waals surface area contributed by atoms with E-state index in [0.29, 0.717) is 23.0 Å². The van der Waals surface area contributed by atoms with Gasteiger partial charge >= 0.3 is 0 Å². The second-order valence-corrected chi connectivity index (χ2v) is 7.48. The Morgan fingerprint density at radius 2 is 1.71 bits per heavy atom. The maximum absolute atomic E-state index is 10.5. The molecular weight excluding hydrogens is 332 g/mol. The predicted molar refractivity (Wildman–Crippen MR) is 89.3 cm³/mol. The van der Waals surface area contributed by atoms with E-state index in [9.17, 15) is 4.21 Å². The van der Waals surface area contributed by atoms with Gasteiger partial charge in [-0.2, -0.15) is 0 Å². The van der Waals surface area contributed by atoms with E-state index in [1.165, 1.54) is 0 Å². The van der Waals surface area contributed by atoms with Crippen LogP contribution in [0.4, 0.5) is 0 Å². The van der Waals surface area contributed by atoms with Gasteiger partial charge in [-0.05, 0) is 23.6 Å². The first-order chi connectivity index (χ1) is 10.1. The number of benzene rings is 1. The first-order valence-corrected chi connectivity index (χ1v) is 9.88. The molecule has 0 heterocycles. The van der Waals surface area contributed by atoms with E-state index >= 15 is 0 Å². The maximum atomic E-state index is 10.5. The Balaban J connectivity index is 2.58. The highest BCUT2D eigenvalue weighted by Crippen LogP contribution is 2.46. The second-order valence-electron chi connectivity index (χ2n) is 4.00. The summed E-state index contributed by atoms with van der Waals surface area (Å²) >= 11 is -1.69. The summed E-state index contributed by atoms with van der Waals surface area (Å²) in [6.07, 6.45) is 1.64. The molecule has 0 aromatic heterocycles. The molecule has 120 valence electrons. The van der Waals surface area contributed by atoms with Crippen molar-refractivity contribution in [1.29, 1.82) is 0 Å². The quantitative estimate of drug-likeness (QED) is 0.393. The summed E-state index contributed by atoms with van der Waals surface area (Å²) in [7, 11) is 8.06. The lowest BCUT2D eigenvalue weighted by atomic mass is 10.3. The largest absolute Gasteiger partial charge is 0.496 e. The van der Waals surface area contributed by atoms with E-state index in [1.807, 2.05) is 12.1 Å². The molecule has 8 heteroatoms. The molecule has 21 heavy (non-hydrogen) atoms. The van der Waals surface area contributed by atoms with Gasteiger partial charge in [-0.1, -0.05) is 10.8 Å². The van der Waals surface area contributed by atoms with Crippen LogP contribution in [0.5, 0.6) is 17.2 Å². The van der Waals surface area contributed by atoms with Crippen molar-refractivity contribution in [3.63, 3.8) is 0 Å². The van der Waals surface area contributed by atoms with Gasteiger partial charge in [0, 0.05) is 23.6 Å². The highest BCUT2D eigenvalue weighted by atomic mass is 33.1. The SMILES string of the molecule is COc1cc(OC)c(SSCCCCS(=O)O)c(OC)c1. The van der Waals surface area contributed by atoms with E-state index in [1.54, 1.807) is 42.9 Å². The zero-order valence-corrected chi connectivity index (χ0v) is 14.7. The Labute approximate surface area is 135 Å². The van der Waals surface area contributed by atoms with Crippen molar-refractivity contribution in [3.8, 4) is 17.2 Å². The minimum Gasteiger partial charge on any atom is -0.496 e. The highest BCUT2D eigenvalue weighted by Gasteiger charge is 2.14. The predicted octanol–water partition coefficient (Wildman–Crippen LogP) is 3.45. The smallest absolute Gasteiger partial charge is 0.152 e. The van der Waals surface area contributed by atoms with Crippen LogP contribution in [0.3, 0.4) is 0 Å². The third kappa shape index (κ3) is 6.37. The van der Waals surface area contributed by atoms with Crippen molar-refractivity contribution in [2.45, 2.75) is 17.7 Å². The van der Waals surface area contributed by atoms with Gasteiger partial charge in [-0.15, -0.1) is 0 Å². The molecule has 0 bridgehead atoms. The number of unbranched alkanes of at least 4 members (excludes halogenated alkanes) is 1. The van der Waals surface area contributed by atoms with Crippen LogP contribution in [0.25, 0.3) is 0 Å². The summed E-state index contributed by atoms with van der Waals surface area (Å²) < 4.78 is 35.2. The van der Waals surface area contributed by atoms with E-state index in [2.05, 4.69) is 0 Å². The summed E-state index contributed by atoms with van der Waals surface area (Å²) in [6.45, 7) is 0.